The standard InChI is InChI=1S/C17H15N3/c1-3-9-15-14(7-1)12-17(19-18-15)20-11-5-8-13-6-2-4-10-16(13)20/h1-4,6-7,9-10,12H,5,8,11H2. The summed E-state index contributed by atoms with van der Waals surface area (Å²) in [4.78, 5) is 2.28. The summed E-state index contributed by atoms with van der Waals surface area (Å²) in [6, 6.07) is 18.8. The van der Waals surface area contributed by atoms with E-state index in [9.17, 15) is 0 Å². The van der Waals surface area contributed by atoms with Gasteiger partial charge in [-0.2, -0.15) is 0 Å². The number of aryl methyl sites for hydroxylation is 1. The van der Waals surface area contributed by atoms with E-state index >= 15 is 0 Å². The fourth-order valence-electron chi connectivity index (χ4n) is 2.88. The first-order valence-corrected chi connectivity index (χ1v) is 7.00. The van der Waals surface area contributed by atoms with Crippen LogP contribution in [0.3, 0.4) is 0 Å². The van der Waals surface area contributed by atoms with Gasteiger partial charge in [-0.3, -0.25) is 0 Å². The molecule has 0 aliphatic carbocycles. The summed E-state index contributed by atoms with van der Waals surface area (Å²) < 4.78 is 0. The minimum Gasteiger partial charge on any atom is -0.325 e. The van der Waals surface area contributed by atoms with Crippen LogP contribution in [0.25, 0.3) is 10.9 Å². The monoisotopic (exact) mass is 261 g/mol. The summed E-state index contributed by atoms with van der Waals surface area (Å²) in [6.07, 6.45) is 2.30. The lowest BCUT2D eigenvalue weighted by molar-refractivity contribution is 0.755. The predicted octanol–water partition coefficient (Wildman–Crippen LogP) is 3.71. The molecule has 0 unspecified atom stereocenters. The molecular formula is C17H15N3. The zero-order valence-corrected chi connectivity index (χ0v) is 11.2. The highest BCUT2D eigenvalue weighted by molar-refractivity contribution is 5.81. The van der Waals surface area contributed by atoms with Gasteiger partial charge in [0.2, 0.25) is 0 Å². The van der Waals surface area contributed by atoms with Gasteiger partial charge in [0.1, 0.15) is 0 Å². The molecule has 0 bridgehead atoms. The van der Waals surface area contributed by atoms with Crippen LogP contribution in [0.4, 0.5) is 11.5 Å². The number of anilines is 2. The van der Waals surface area contributed by atoms with Gasteiger partial charge in [0.25, 0.3) is 0 Å². The van der Waals surface area contributed by atoms with Crippen molar-refractivity contribution in [3.63, 3.8) is 0 Å². The Morgan fingerprint density at radius 1 is 0.900 bits per heavy atom. The molecule has 3 nitrogen and oxygen atoms in total. The molecule has 98 valence electrons. The summed E-state index contributed by atoms with van der Waals surface area (Å²) in [7, 11) is 0. The third-order valence-corrected chi connectivity index (χ3v) is 3.87. The van der Waals surface area contributed by atoms with Gasteiger partial charge in [-0.15, -0.1) is 10.2 Å². The molecule has 1 aliphatic heterocycles. The Labute approximate surface area is 117 Å². The Morgan fingerprint density at radius 3 is 2.75 bits per heavy atom. The van der Waals surface area contributed by atoms with Crippen molar-refractivity contribution < 1.29 is 0 Å². The average Bonchev–Trinajstić information content (AvgIpc) is 2.54. The zero-order valence-electron chi connectivity index (χ0n) is 11.2. The van der Waals surface area contributed by atoms with Crippen molar-refractivity contribution in [2.24, 2.45) is 0 Å². The molecule has 20 heavy (non-hydrogen) atoms. The minimum atomic E-state index is 0.941. The molecule has 0 saturated carbocycles. The number of rotatable bonds is 1. The normalized spacial score (nSPS) is 14.3. The molecule has 2 heterocycles. The predicted molar refractivity (Wildman–Crippen MR) is 81.3 cm³/mol. The smallest absolute Gasteiger partial charge is 0.156 e. The Hall–Kier alpha value is -2.42. The van der Waals surface area contributed by atoms with Crippen LogP contribution in [0.2, 0.25) is 0 Å². The largest absolute Gasteiger partial charge is 0.325 e. The third-order valence-electron chi connectivity index (χ3n) is 3.87. The highest BCUT2D eigenvalue weighted by Gasteiger charge is 2.19. The van der Waals surface area contributed by atoms with E-state index in [-0.39, 0.29) is 0 Å². The molecule has 0 N–H and O–H groups in total. The van der Waals surface area contributed by atoms with Crippen molar-refractivity contribution in [3.05, 3.63) is 60.2 Å². The minimum absolute atomic E-state index is 0.941. The van der Waals surface area contributed by atoms with Gasteiger partial charge in [0.05, 0.1) is 5.52 Å². The first kappa shape index (κ1) is 11.4. The number of benzene rings is 2. The average molecular weight is 261 g/mol. The Balaban J connectivity index is 1.84. The highest BCUT2D eigenvalue weighted by atomic mass is 15.3. The molecule has 4 rings (SSSR count). The van der Waals surface area contributed by atoms with Crippen LogP contribution in [-0.4, -0.2) is 16.7 Å². The van der Waals surface area contributed by atoms with E-state index in [1.165, 1.54) is 11.3 Å². The fourth-order valence-corrected chi connectivity index (χ4v) is 2.88. The summed E-state index contributed by atoms with van der Waals surface area (Å²) >= 11 is 0. The molecule has 0 radical (unpaired) electrons. The topological polar surface area (TPSA) is 29.0 Å². The van der Waals surface area contributed by atoms with Crippen molar-refractivity contribution >= 4 is 22.4 Å². The van der Waals surface area contributed by atoms with E-state index in [0.717, 1.165) is 36.1 Å². The number of aromatic nitrogens is 2. The van der Waals surface area contributed by atoms with Crippen LogP contribution < -0.4 is 4.90 Å². The van der Waals surface area contributed by atoms with Gasteiger partial charge in [-0.1, -0.05) is 36.4 Å². The van der Waals surface area contributed by atoms with Crippen molar-refractivity contribution in [3.8, 4) is 0 Å². The van der Waals surface area contributed by atoms with E-state index in [2.05, 4.69) is 51.5 Å². The molecule has 0 saturated heterocycles. The molecule has 2 aromatic carbocycles. The third kappa shape index (κ3) is 1.83. The van der Waals surface area contributed by atoms with Gasteiger partial charge in [-0.05, 0) is 36.6 Å². The molecule has 3 aromatic rings. The van der Waals surface area contributed by atoms with E-state index in [1.807, 2.05) is 18.2 Å². The van der Waals surface area contributed by atoms with Gasteiger partial charge in [0, 0.05) is 17.6 Å². The van der Waals surface area contributed by atoms with Crippen LogP contribution in [0.15, 0.2) is 54.6 Å². The highest BCUT2D eigenvalue weighted by Crippen LogP contribution is 2.32. The molecule has 0 atom stereocenters. The van der Waals surface area contributed by atoms with Crippen LogP contribution in [-0.2, 0) is 6.42 Å². The van der Waals surface area contributed by atoms with Crippen molar-refractivity contribution in [2.45, 2.75) is 12.8 Å². The van der Waals surface area contributed by atoms with Gasteiger partial charge in [0.15, 0.2) is 5.82 Å². The lowest BCUT2D eigenvalue weighted by Gasteiger charge is -2.30. The van der Waals surface area contributed by atoms with E-state index in [1.54, 1.807) is 0 Å². The maximum absolute atomic E-state index is 4.41. The zero-order chi connectivity index (χ0) is 13.4. The fraction of sp³-hybridized carbons (Fsp3) is 0.176. The van der Waals surface area contributed by atoms with Gasteiger partial charge < -0.3 is 4.90 Å². The molecule has 0 fully saturated rings. The van der Waals surface area contributed by atoms with E-state index in [4.69, 9.17) is 0 Å². The number of para-hydroxylation sites is 1. The molecular weight excluding hydrogens is 246 g/mol. The maximum atomic E-state index is 4.41. The number of nitrogens with zero attached hydrogens (tertiary/aromatic N) is 3. The lowest BCUT2D eigenvalue weighted by atomic mass is 10.0. The van der Waals surface area contributed by atoms with Crippen LogP contribution in [0.5, 0.6) is 0 Å². The molecule has 0 amide bonds. The summed E-state index contributed by atoms with van der Waals surface area (Å²) in [5.74, 6) is 0.941. The summed E-state index contributed by atoms with van der Waals surface area (Å²) in [5, 5.41) is 9.88. The van der Waals surface area contributed by atoms with Crippen molar-refractivity contribution in [1.82, 2.24) is 10.2 Å². The second-order valence-corrected chi connectivity index (χ2v) is 5.15. The molecule has 0 spiro atoms. The summed E-state index contributed by atoms with van der Waals surface area (Å²) in [6.45, 7) is 1.00. The Morgan fingerprint density at radius 2 is 1.75 bits per heavy atom. The Kier molecular flexibility index (Phi) is 2.62. The number of hydrogen-bond donors (Lipinski definition) is 0. The maximum Gasteiger partial charge on any atom is 0.156 e. The van der Waals surface area contributed by atoms with Gasteiger partial charge >= 0.3 is 0 Å². The second kappa shape index (κ2) is 4.60. The lowest BCUT2D eigenvalue weighted by Crippen LogP contribution is -2.25. The van der Waals surface area contributed by atoms with Crippen LogP contribution in [0.1, 0.15) is 12.0 Å². The quantitative estimate of drug-likeness (QED) is 0.668. The molecule has 1 aliphatic rings. The second-order valence-electron chi connectivity index (χ2n) is 5.15. The van der Waals surface area contributed by atoms with Gasteiger partial charge in [-0.25, -0.2) is 0 Å². The SMILES string of the molecule is c1ccc2c(c1)CCCN2c1cc2ccccc2nn1. The first-order valence-electron chi connectivity index (χ1n) is 7.00. The van der Waals surface area contributed by atoms with E-state index < -0.39 is 0 Å². The van der Waals surface area contributed by atoms with Crippen molar-refractivity contribution in [1.29, 1.82) is 0 Å². The molecule has 3 heteroatoms. The Bertz CT molecular complexity index is 767. The first-order chi connectivity index (χ1) is 9.92. The molecule has 1 aromatic heterocycles. The number of fused-ring (bicyclic) bond motifs is 2. The van der Waals surface area contributed by atoms with E-state index in [0.29, 0.717) is 0 Å². The van der Waals surface area contributed by atoms with Crippen LogP contribution in [0, 0.1) is 0 Å². The number of hydrogen-bond acceptors (Lipinski definition) is 3. The van der Waals surface area contributed by atoms with Crippen molar-refractivity contribution in [2.75, 3.05) is 11.4 Å². The van der Waals surface area contributed by atoms with Crippen LogP contribution >= 0.6 is 0 Å². The summed E-state index contributed by atoms with van der Waals surface area (Å²) in [5.41, 5.74) is 3.61.